The highest BCUT2D eigenvalue weighted by Crippen LogP contribution is 2.49. The fourth-order valence-corrected chi connectivity index (χ4v) is 2.67. The quantitative estimate of drug-likeness (QED) is 0.438. The van der Waals surface area contributed by atoms with E-state index in [1.807, 2.05) is 6.92 Å². The molecule has 62 valence electrons. The maximum Gasteiger partial charge on any atom is 0.0742 e. The fraction of sp³-hybridized carbons (Fsp3) is 0.778. The SMILES string of the molecule is C[C@@]1(Cl)[C@H](O)C[C@H]2CC=C[C@H]21. The molecule has 4 atom stereocenters. The number of alkyl halides is 1. The summed E-state index contributed by atoms with van der Waals surface area (Å²) in [5.41, 5.74) is 0. The van der Waals surface area contributed by atoms with Gasteiger partial charge in [-0.1, -0.05) is 12.2 Å². The lowest BCUT2D eigenvalue weighted by Crippen LogP contribution is -2.32. The third-order valence-corrected chi connectivity index (χ3v) is 3.62. The normalized spacial score (nSPS) is 55.0. The van der Waals surface area contributed by atoms with Gasteiger partial charge in [-0.3, -0.25) is 0 Å². The summed E-state index contributed by atoms with van der Waals surface area (Å²) in [6.45, 7) is 1.94. The molecule has 2 heteroatoms. The predicted octanol–water partition coefficient (Wildman–Crippen LogP) is 1.94. The molecule has 1 saturated carbocycles. The molecule has 0 aromatic heterocycles. The van der Waals surface area contributed by atoms with Gasteiger partial charge in [0.15, 0.2) is 0 Å². The Morgan fingerprint density at radius 2 is 2.36 bits per heavy atom. The van der Waals surface area contributed by atoms with Crippen LogP contribution in [0.25, 0.3) is 0 Å². The Bertz CT molecular complexity index is 198. The minimum Gasteiger partial charge on any atom is -0.391 e. The van der Waals surface area contributed by atoms with Gasteiger partial charge in [0.25, 0.3) is 0 Å². The summed E-state index contributed by atoms with van der Waals surface area (Å²) in [4.78, 5) is -0.405. The van der Waals surface area contributed by atoms with Gasteiger partial charge in [0, 0.05) is 5.92 Å². The van der Waals surface area contributed by atoms with Gasteiger partial charge >= 0.3 is 0 Å². The van der Waals surface area contributed by atoms with Crippen LogP contribution in [0.1, 0.15) is 19.8 Å². The summed E-state index contributed by atoms with van der Waals surface area (Å²) in [5.74, 6) is 1.01. The average Bonchev–Trinajstić information content (AvgIpc) is 2.41. The first-order valence-electron chi connectivity index (χ1n) is 4.16. The van der Waals surface area contributed by atoms with E-state index >= 15 is 0 Å². The van der Waals surface area contributed by atoms with Gasteiger partial charge in [0.2, 0.25) is 0 Å². The molecule has 2 aliphatic rings. The highest BCUT2D eigenvalue weighted by Gasteiger charge is 2.50. The Balaban J connectivity index is 2.27. The first-order chi connectivity index (χ1) is 5.12. The molecule has 0 aromatic carbocycles. The third kappa shape index (κ3) is 0.944. The van der Waals surface area contributed by atoms with Crippen LogP contribution in [0, 0.1) is 11.8 Å². The molecule has 0 bridgehead atoms. The lowest BCUT2D eigenvalue weighted by molar-refractivity contribution is 0.146. The summed E-state index contributed by atoms with van der Waals surface area (Å²) >= 11 is 6.22. The molecule has 1 nitrogen and oxygen atoms in total. The lowest BCUT2D eigenvalue weighted by Gasteiger charge is -2.25. The molecule has 0 saturated heterocycles. The standard InChI is InChI=1S/C9H13ClO/c1-9(10)7-4-2-3-6(7)5-8(9)11/h2,4,6-8,11H,3,5H2,1H3/t6-,7-,8-,9+/m1/s1. The molecule has 0 radical (unpaired) electrons. The Morgan fingerprint density at radius 3 is 3.00 bits per heavy atom. The number of hydrogen-bond acceptors (Lipinski definition) is 1. The fourth-order valence-electron chi connectivity index (χ4n) is 2.33. The largest absolute Gasteiger partial charge is 0.391 e. The summed E-state index contributed by atoms with van der Waals surface area (Å²) in [6, 6.07) is 0. The van der Waals surface area contributed by atoms with Crippen molar-refractivity contribution in [2.75, 3.05) is 0 Å². The molecule has 0 unspecified atom stereocenters. The first-order valence-corrected chi connectivity index (χ1v) is 4.54. The first kappa shape index (κ1) is 7.63. The van der Waals surface area contributed by atoms with Gasteiger partial charge in [-0.2, -0.15) is 0 Å². The lowest BCUT2D eigenvalue weighted by atomic mass is 9.93. The molecule has 0 aromatic rings. The van der Waals surface area contributed by atoms with Crippen LogP contribution in [0.3, 0.4) is 0 Å². The summed E-state index contributed by atoms with van der Waals surface area (Å²) < 4.78 is 0. The Hall–Kier alpha value is -0.0100. The van der Waals surface area contributed by atoms with Crippen molar-refractivity contribution < 1.29 is 5.11 Å². The van der Waals surface area contributed by atoms with Crippen LogP contribution in [-0.4, -0.2) is 16.1 Å². The van der Waals surface area contributed by atoms with Crippen LogP contribution in [0.5, 0.6) is 0 Å². The number of hydrogen-bond donors (Lipinski definition) is 1. The Kier molecular flexibility index (Phi) is 1.55. The second-order valence-corrected chi connectivity index (χ2v) is 4.67. The zero-order valence-corrected chi connectivity index (χ0v) is 7.38. The van der Waals surface area contributed by atoms with Crippen LogP contribution in [0.15, 0.2) is 12.2 Å². The van der Waals surface area contributed by atoms with Crippen molar-refractivity contribution in [1.29, 1.82) is 0 Å². The van der Waals surface area contributed by atoms with Crippen LogP contribution >= 0.6 is 11.6 Å². The second kappa shape index (κ2) is 2.24. The molecule has 2 aliphatic carbocycles. The third-order valence-electron chi connectivity index (χ3n) is 3.12. The molecule has 0 amide bonds. The van der Waals surface area contributed by atoms with Crippen LogP contribution < -0.4 is 0 Å². The maximum absolute atomic E-state index is 9.60. The predicted molar refractivity (Wildman–Crippen MR) is 45.6 cm³/mol. The van der Waals surface area contributed by atoms with Crippen LogP contribution in [0.4, 0.5) is 0 Å². The number of aliphatic hydroxyl groups excluding tert-OH is 1. The monoisotopic (exact) mass is 172 g/mol. The van der Waals surface area contributed by atoms with E-state index in [2.05, 4.69) is 12.2 Å². The highest BCUT2D eigenvalue weighted by molar-refractivity contribution is 6.24. The maximum atomic E-state index is 9.60. The highest BCUT2D eigenvalue weighted by atomic mass is 35.5. The van der Waals surface area contributed by atoms with E-state index in [0.717, 1.165) is 12.8 Å². The van der Waals surface area contributed by atoms with Crippen molar-refractivity contribution in [3.63, 3.8) is 0 Å². The minimum atomic E-state index is -0.405. The van der Waals surface area contributed by atoms with E-state index in [1.165, 1.54) is 0 Å². The van der Waals surface area contributed by atoms with Crippen LogP contribution in [-0.2, 0) is 0 Å². The smallest absolute Gasteiger partial charge is 0.0742 e. The molecule has 0 spiro atoms. The van der Waals surface area contributed by atoms with E-state index in [9.17, 15) is 5.11 Å². The van der Waals surface area contributed by atoms with Gasteiger partial charge in [0.1, 0.15) is 0 Å². The van der Waals surface area contributed by atoms with Crippen molar-refractivity contribution in [2.24, 2.45) is 11.8 Å². The average molecular weight is 173 g/mol. The van der Waals surface area contributed by atoms with E-state index in [1.54, 1.807) is 0 Å². The second-order valence-electron chi connectivity index (χ2n) is 3.85. The van der Waals surface area contributed by atoms with Gasteiger partial charge in [-0.05, 0) is 25.7 Å². The van der Waals surface area contributed by atoms with Gasteiger partial charge < -0.3 is 5.11 Å². The van der Waals surface area contributed by atoms with E-state index < -0.39 is 4.87 Å². The zero-order chi connectivity index (χ0) is 8.06. The van der Waals surface area contributed by atoms with Crippen LogP contribution in [0.2, 0.25) is 0 Å². The zero-order valence-electron chi connectivity index (χ0n) is 6.63. The summed E-state index contributed by atoms with van der Waals surface area (Å²) in [7, 11) is 0. The van der Waals surface area contributed by atoms with E-state index in [4.69, 9.17) is 11.6 Å². The van der Waals surface area contributed by atoms with E-state index in [-0.39, 0.29) is 6.10 Å². The number of allylic oxidation sites excluding steroid dienone is 2. The number of fused-ring (bicyclic) bond motifs is 1. The number of rotatable bonds is 0. The Morgan fingerprint density at radius 1 is 1.64 bits per heavy atom. The molecular formula is C9H13ClO. The summed E-state index contributed by atoms with van der Waals surface area (Å²) in [6.07, 6.45) is 6.00. The van der Waals surface area contributed by atoms with E-state index in [0.29, 0.717) is 11.8 Å². The minimum absolute atomic E-state index is 0.316. The van der Waals surface area contributed by atoms with Crippen molar-refractivity contribution >= 4 is 11.6 Å². The molecular weight excluding hydrogens is 160 g/mol. The molecule has 1 fully saturated rings. The molecule has 11 heavy (non-hydrogen) atoms. The number of halogens is 1. The van der Waals surface area contributed by atoms with Gasteiger partial charge in [0.05, 0.1) is 11.0 Å². The molecule has 2 rings (SSSR count). The van der Waals surface area contributed by atoms with Crippen molar-refractivity contribution in [3.8, 4) is 0 Å². The molecule has 0 heterocycles. The van der Waals surface area contributed by atoms with Gasteiger partial charge in [-0.25, -0.2) is 0 Å². The van der Waals surface area contributed by atoms with Crippen molar-refractivity contribution in [2.45, 2.75) is 30.7 Å². The summed E-state index contributed by atoms with van der Waals surface area (Å²) in [5, 5.41) is 9.60. The molecule has 1 N–H and O–H groups in total. The van der Waals surface area contributed by atoms with Gasteiger partial charge in [-0.15, -0.1) is 11.6 Å². The van der Waals surface area contributed by atoms with Crippen molar-refractivity contribution in [3.05, 3.63) is 12.2 Å². The van der Waals surface area contributed by atoms with Crippen molar-refractivity contribution in [1.82, 2.24) is 0 Å². The molecule has 0 aliphatic heterocycles. The Labute approximate surface area is 72.1 Å². The number of aliphatic hydroxyl groups is 1. The topological polar surface area (TPSA) is 20.2 Å².